The average Bonchev–Trinajstić information content (AvgIpc) is 2.87. The minimum absolute atomic E-state index is 0.0110. The highest BCUT2D eigenvalue weighted by atomic mass is 79.9. The Balaban J connectivity index is 1.90. The fourth-order valence-electron chi connectivity index (χ4n) is 2.32. The zero-order valence-electron chi connectivity index (χ0n) is 12.5. The van der Waals surface area contributed by atoms with Crippen molar-refractivity contribution in [3.63, 3.8) is 0 Å². The molecule has 1 unspecified atom stereocenters. The molecule has 1 heterocycles. The van der Waals surface area contributed by atoms with Gasteiger partial charge in [-0.15, -0.1) is 0 Å². The molecule has 0 aliphatic heterocycles. The van der Waals surface area contributed by atoms with Gasteiger partial charge in [0, 0.05) is 23.3 Å². The van der Waals surface area contributed by atoms with Gasteiger partial charge in [-0.05, 0) is 54.2 Å². The fraction of sp³-hybridized carbons (Fsp3) is 0.353. The lowest BCUT2D eigenvalue weighted by molar-refractivity contribution is 0.0929. The summed E-state index contributed by atoms with van der Waals surface area (Å²) in [5, 5.41) is 3.07. The summed E-state index contributed by atoms with van der Waals surface area (Å²) in [5.41, 5.74) is 2.01. The molecule has 0 aliphatic carbocycles. The lowest BCUT2D eigenvalue weighted by atomic mass is 10.1. The quantitative estimate of drug-likeness (QED) is 0.840. The van der Waals surface area contributed by atoms with Gasteiger partial charge in [-0.1, -0.05) is 30.3 Å². The van der Waals surface area contributed by atoms with Crippen LogP contribution in [-0.4, -0.2) is 16.5 Å². The maximum Gasteiger partial charge on any atom is 0.268 e. The van der Waals surface area contributed by atoms with E-state index in [2.05, 4.69) is 40.3 Å². The van der Waals surface area contributed by atoms with E-state index in [0.29, 0.717) is 5.69 Å². The molecule has 0 radical (unpaired) electrons. The molecule has 2 rings (SSSR count). The molecule has 0 fully saturated rings. The summed E-state index contributed by atoms with van der Waals surface area (Å²) >= 11 is 3.42. The summed E-state index contributed by atoms with van der Waals surface area (Å²) < 4.78 is 2.88. The second-order valence-corrected chi connectivity index (χ2v) is 6.14. The highest BCUT2D eigenvalue weighted by Crippen LogP contribution is 2.15. The molecule has 0 saturated heterocycles. The van der Waals surface area contributed by atoms with E-state index < -0.39 is 0 Å². The summed E-state index contributed by atoms with van der Waals surface area (Å²) in [4.78, 5) is 12.3. The van der Waals surface area contributed by atoms with E-state index >= 15 is 0 Å². The SMILES string of the molecule is CCn1cc(Br)cc1C(=O)NC(C)CCc1ccccc1. The lowest BCUT2D eigenvalue weighted by Gasteiger charge is -2.14. The van der Waals surface area contributed by atoms with Crippen molar-refractivity contribution in [3.05, 3.63) is 58.3 Å². The first kappa shape index (κ1) is 15.8. The Morgan fingerprint density at radius 2 is 2.05 bits per heavy atom. The zero-order valence-corrected chi connectivity index (χ0v) is 14.1. The third-order valence-electron chi connectivity index (χ3n) is 3.52. The Labute approximate surface area is 134 Å². The van der Waals surface area contributed by atoms with Crippen molar-refractivity contribution in [2.75, 3.05) is 0 Å². The molecule has 1 aromatic heterocycles. The van der Waals surface area contributed by atoms with Crippen molar-refractivity contribution in [2.24, 2.45) is 0 Å². The van der Waals surface area contributed by atoms with Gasteiger partial charge in [-0.2, -0.15) is 0 Å². The Kier molecular flexibility index (Phi) is 5.62. The normalized spacial score (nSPS) is 12.1. The number of nitrogens with one attached hydrogen (secondary N) is 1. The first-order valence-corrected chi connectivity index (χ1v) is 8.10. The fourth-order valence-corrected chi connectivity index (χ4v) is 2.79. The molecule has 0 spiro atoms. The molecule has 0 aliphatic rings. The first-order valence-electron chi connectivity index (χ1n) is 7.30. The van der Waals surface area contributed by atoms with Gasteiger partial charge in [-0.3, -0.25) is 4.79 Å². The van der Waals surface area contributed by atoms with Crippen molar-refractivity contribution in [1.29, 1.82) is 0 Å². The van der Waals surface area contributed by atoms with Crippen LogP contribution in [0.2, 0.25) is 0 Å². The summed E-state index contributed by atoms with van der Waals surface area (Å²) in [5.74, 6) is -0.0110. The van der Waals surface area contributed by atoms with Crippen LogP contribution in [0.3, 0.4) is 0 Å². The van der Waals surface area contributed by atoms with Gasteiger partial charge in [0.15, 0.2) is 0 Å². The van der Waals surface area contributed by atoms with E-state index in [4.69, 9.17) is 0 Å². The predicted octanol–water partition coefficient (Wildman–Crippen LogP) is 4.02. The molecular weight excluding hydrogens is 328 g/mol. The van der Waals surface area contributed by atoms with Crippen LogP contribution in [0.15, 0.2) is 47.1 Å². The molecule has 1 N–H and O–H groups in total. The van der Waals surface area contributed by atoms with Crippen LogP contribution >= 0.6 is 15.9 Å². The Morgan fingerprint density at radius 1 is 1.33 bits per heavy atom. The predicted molar refractivity (Wildman–Crippen MR) is 89.5 cm³/mol. The Hall–Kier alpha value is -1.55. The molecule has 1 amide bonds. The molecule has 2 aromatic rings. The van der Waals surface area contributed by atoms with Crippen LogP contribution < -0.4 is 5.32 Å². The number of carbonyl (C=O) groups is 1. The van der Waals surface area contributed by atoms with Crippen LogP contribution in [-0.2, 0) is 13.0 Å². The summed E-state index contributed by atoms with van der Waals surface area (Å²) in [6.07, 6.45) is 3.84. The second kappa shape index (κ2) is 7.46. The van der Waals surface area contributed by atoms with E-state index in [9.17, 15) is 4.79 Å². The smallest absolute Gasteiger partial charge is 0.268 e. The minimum Gasteiger partial charge on any atom is -0.348 e. The van der Waals surface area contributed by atoms with Gasteiger partial charge >= 0.3 is 0 Å². The molecule has 0 bridgehead atoms. The number of carbonyl (C=O) groups excluding carboxylic acids is 1. The van der Waals surface area contributed by atoms with E-state index in [1.807, 2.05) is 42.0 Å². The van der Waals surface area contributed by atoms with Gasteiger partial charge in [0.05, 0.1) is 0 Å². The van der Waals surface area contributed by atoms with Crippen molar-refractivity contribution in [2.45, 2.75) is 39.3 Å². The van der Waals surface area contributed by atoms with Crippen LogP contribution in [0.25, 0.3) is 0 Å². The summed E-state index contributed by atoms with van der Waals surface area (Å²) in [7, 11) is 0. The van der Waals surface area contributed by atoms with Gasteiger partial charge in [0.25, 0.3) is 5.91 Å². The molecular formula is C17H21BrN2O. The second-order valence-electron chi connectivity index (χ2n) is 5.23. The monoisotopic (exact) mass is 348 g/mol. The van der Waals surface area contributed by atoms with Crippen molar-refractivity contribution < 1.29 is 4.79 Å². The zero-order chi connectivity index (χ0) is 15.2. The third kappa shape index (κ3) is 4.46. The van der Waals surface area contributed by atoms with Gasteiger partial charge in [-0.25, -0.2) is 0 Å². The molecule has 1 aromatic carbocycles. The lowest BCUT2D eigenvalue weighted by Crippen LogP contribution is -2.34. The third-order valence-corrected chi connectivity index (χ3v) is 3.96. The standard InChI is InChI=1S/C17H21BrN2O/c1-3-20-12-15(18)11-16(20)17(21)19-13(2)9-10-14-7-5-4-6-8-14/h4-8,11-13H,3,9-10H2,1-2H3,(H,19,21). The van der Waals surface area contributed by atoms with E-state index in [1.54, 1.807) is 0 Å². The number of amides is 1. The van der Waals surface area contributed by atoms with Crippen LogP contribution in [0.5, 0.6) is 0 Å². The van der Waals surface area contributed by atoms with Gasteiger partial charge < -0.3 is 9.88 Å². The highest BCUT2D eigenvalue weighted by Gasteiger charge is 2.14. The van der Waals surface area contributed by atoms with E-state index in [1.165, 1.54) is 5.56 Å². The number of hydrogen-bond acceptors (Lipinski definition) is 1. The largest absolute Gasteiger partial charge is 0.348 e. The number of nitrogens with zero attached hydrogens (tertiary/aromatic N) is 1. The van der Waals surface area contributed by atoms with Crippen molar-refractivity contribution >= 4 is 21.8 Å². The molecule has 1 atom stereocenters. The molecule has 112 valence electrons. The topological polar surface area (TPSA) is 34.0 Å². The molecule has 0 saturated carbocycles. The number of hydrogen-bond donors (Lipinski definition) is 1. The summed E-state index contributed by atoms with van der Waals surface area (Å²) in [6.45, 7) is 4.86. The maximum atomic E-state index is 12.3. The van der Waals surface area contributed by atoms with Crippen molar-refractivity contribution in [3.8, 4) is 0 Å². The van der Waals surface area contributed by atoms with Crippen LogP contribution in [0.1, 0.15) is 36.3 Å². The van der Waals surface area contributed by atoms with Crippen LogP contribution in [0, 0.1) is 0 Å². The first-order chi connectivity index (χ1) is 10.1. The van der Waals surface area contributed by atoms with Gasteiger partial charge in [0.1, 0.15) is 5.69 Å². The molecule has 21 heavy (non-hydrogen) atoms. The Morgan fingerprint density at radius 3 is 2.71 bits per heavy atom. The number of benzene rings is 1. The molecule has 4 heteroatoms. The van der Waals surface area contributed by atoms with Gasteiger partial charge in [0.2, 0.25) is 0 Å². The number of aryl methyl sites for hydroxylation is 2. The number of halogens is 1. The van der Waals surface area contributed by atoms with E-state index in [0.717, 1.165) is 23.9 Å². The maximum absolute atomic E-state index is 12.3. The van der Waals surface area contributed by atoms with Crippen molar-refractivity contribution in [1.82, 2.24) is 9.88 Å². The highest BCUT2D eigenvalue weighted by molar-refractivity contribution is 9.10. The number of rotatable bonds is 6. The molecule has 3 nitrogen and oxygen atoms in total. The van der Waals surface area contributed by atoms with E-state index in [-0.39, 0.29) is 11.9 Å². The Bertz CT molecular complexity index is 592. The average molecular weight is 349 g/mol. The minimum atomic E-state index is -0.0110. The summed E-state index contributed by atoms with van der Waals surface area (Å²) in [6, 6.07) is 12.4. The number of aromatic nitrogens is 1. The van der Waals surface area contributed by atoms with Crippen LogP contribution in [0.4, 0.5) is 0 Å².